The quantitative estimate of drug-likeness (QED) is 0.0727. The zero-order valence-corrected chi connectivity index (χ0v) is 34.8. The van der Waals surface area contributed by atoms with Crippen LogP contribution in [0.15, 0.2) is 64.5 Å². The monoisotopic (exact) mass is 837 g/mol. The Morgan fingerprint density at radius 3 is 1.90 bits per heavy atom. The Bertz CT molecular complexity index is 2080. The number of carbonyl (C=O) groups excluding carboxylic acids is 4. The number of nitrogens with one attached hydrogen (secondary N) is 4. The Morgan fingerprint density at radius 2 is 1.36 bits per heavy atom. The molecule has 0 saturated heterocycles. The number of nitrogens with zero attached hydrogens (tertiary/aromatic N) is 3. The fourth-order valence-electron chi connectivity index (χ4n) is 4.79. The first-order valence-electron chi connectivity index (χ1n) is 18.0. The molecule has 2 aromatic carbocycles. The van der Waals surface area contributed by atoms with Crippen LogP contribution in [0, 0.1) is 6.92 Å². The fraction of sp³-hybridized carbons (Fsp3) is 0.474. The molecule has 58 heavy (non-hydrogen) atoms. The van der Waals surface area contributed by atoms with Gasteiger partial charge in [-0.3, -0.25) is 10.1 Å². The normalized spacial score (nSPS) is 13.2. The van der Waals surface area contributed by atoms with Crippen LogP contribution in [0.25, 0.3) is 16.9 Å². The number of amides is 4. The standard InChI is InChI=1S/C38H50F3N7O9S/c1-23-13-15-24(16-14-23)28-22-29(38(39,40)41)46-48(28)25-17-19-26(20-18-25)58(53,54)47-30(49)27(43-32(50)55-35(2,3)4)12-11-21-42-31(44-33(51)56-36(5,6)7)45-34(52)57-37(8,9)10/h13-20,22,27H,11-12,21H2,1-10H3,(H,43,50)(H,47,49)(H2,42,44,45,51,52). The van der Waals surface area contributed by atoms with E-state index in [4.69, 9.17) is 14.2 Å². The number of rotatable bonds is 10. The summed E-state index contributed by atoms with van der Waals surface area (Å²) in [6, 6.07) is 10.7. The van der Waals surface area contributed by atoms with Crippen LogP contribution in [-0.4, -0.2) is 77.7 Å². The van der Waals surface area contributed by atoms with Crippen LogP contribution < -0.4 is 20.7 Å². The van der Waals surface area contributed by atoms with Gasteiger partial charge in [0.1, 0.15) is 22.8 Å². The molecule has 3 rings (SSSR count). The summed E-state index contributed by atoms with van der Waals surface area (Å²) in [7, 11) is -4.61. The molecular weight excluding hydrogens is 788 g/mol. The van der Waals surface area contributed by atoms with E-state index in [-0.39, 0.29) is 36.7 Å². The van der Waals surface area contributed by atoms with Crippen LogP contribution >= 0.6 is 0 Å². The second-order valence-corrected chi connectivity index (χ2v) is 17.7. The second-order valence-electron chi connectivity index (χ2n) is 16.0. The number of hydrogen-bond donors (Lipinski definition) is 4. The van der Waals surface area contributed by atoms with Gasteiger partial charge in [0.15, 0.2) is 5.69 Å². The number of ether oxygens (including phenoxy) is 3. The summed E-state index contributed by atoms with van der Waals surface area (Å²) in [5.74, 6) is -1.49. The average Bonchev–Trinajstić information content (AvgIpc) is 3.50. The van der Waals surface area contributed by atoms with E-state index in [0.717, 1.165) is 28.4 Å². The zero-order chi connectivity index (χ0) is 43.9. The first-order chi connectivity index (χ1) is 26.5. The van der Waals surface area contributed by atoms with Gasteiger partial charge in [0.2, 0.25) is 5.96 Å². The molecule has 16 nitrogen and oxygen atoms in total. The molecule has 1 heterocycles. The Kier molecular flexibility index (Phi) is 14.7. The largest absolute Gasteiger partial charge is 0.444 e. The van der Waals surface area contributed by atoms with Gasteiger partial charge in [-0.2, -0.15) is 18.3 Å². The number of guanidine groups is 1. The van der Waals surface area contributed by atoms with Crippen molar-refractivity contribution in [1.82, 2.24) is 30.5 Å². The first-order valence-corrected chi connectivity index (χ1v) is 19.5. The third-order valence-corrected chi connectivity index (χ3v) is 8.52. The van der Waals surface area contributed by atoms with Gasteiger partial charge in [-0.1, -0.05) is 29.8 Å². The van der Waals surface area contributed by atoms with E-state index in [0.29, 0.717) is 5.56 Å². The molecule has 0 radical (unpaired) electrons. The molecule has 20 heteroatoms. The van der Waals surface area contributed by atoms with Crippen molar-refractivity contribution < 1.29 is 55.0 Å². The SMILES string of the molecule is Cc1ccc(-c2cc(C(F)(F)F)nn2-c2ccc(S(=O)(=O)NC(=O)C(CCCN/C(=N\C(=O)OC(C)(C)C)NC(=O)OC(C)(C)C)NC(=O)OC(C)(C)C)cc2)cc1. The molecule has 0 fully saturated rings. The van der Waals surface area contributed by atoms with E-state index >= 15 is 0 Å². The minimum atomic E-state index is -4.76. The molecule has 0 saturated carbocycles. The maximum atomic E-state index is 13.7. The van der Waals surface area contributed by atoms with Gasteiger partial charge >= 0.3 is 24.5 Å². The lowest BCUT2D eigenvalue weighted by atomic mass is 10.1. The van der Waals surface area contributed by atoms with E-state index < -0.39 is 73.8 Å². The highest BCUT2D eigenvalue weighted by molar-refractivity contribution is 7.90. The summed E-state index contributed by atoms with van der Waals surface area (Å²) in [4.78, 5) is 54.4. The smallest absolute Gasteiger partial charge is 0.437 e. The van der Waals surface area contributed by atoms with Gasteiger partial charge in [0, 0.05) is 12.1 Å². The van der Waals surface area contributed by atoms with E-state index in [2.05, 4.69) is 26.0 Å². The molecule has 0 aliphatic rings. The van der Waals surface area contributed by atoms with Crippen molar-refractivity contribution >= 4 is 40.2 Å². The first kappa shape index (κ1) is 46.7. The number of halogens is 3. The molecule has 0 aliphatic heterocycles. The van der Waals surface area contributed by atoms with Crippen LogP contribution in [-0.2, 0) is 35.2 Å². The number of aromatic nitrogens is 2. The molecule has 0 bridgehead atoms. The number of aryl methyl sites for hydroxylation is 1. The zero-order valence-electron chi connectivity index (χ0n) is 34.0. The highest BCUT2D eigenvalue weighted by atomic mass is 32.2. The Morgan fingerprint density at radius 1 is 0.810 bits per heavy atom. The summed E-state index contributed by atoms with van der Waals surface area (Å²) in [6.07, 6.45) is -7.92. The van der Waals surface area contributed by atoms with E-state index in [1.54, 1.807) is 86.6 Å². The Balaban J connectivity index is 1.82. The van der Waals surface area contributed by atoms with Gasteiger partial charge in [0.25, 0.3) is 15.9 Å². The number of benzene rings is 2. The third-order valence-electron chi connectivity index (χ3n) is 7.16. The van der Waals surface area contributed by atoms with Crippen LogP contribution in [0.1, 0.15) is 86.4 Å². The molecule has 1 unspecified atom stereocenters. The molecule has 0 aliphatic carbocycles. The molecule has 4 N–H and O–H groups in total. The van der Waals surface area contributed by atoms with Crippen LogP contribution in [0.4, 0.5) is 27.6 Å². The molecule has 3 aromatic rings. The van der Waals surface area contributed by atoms with Crippen LogP contribution in [0.3, 0.4) is 0 Å². The number of hydrogen-bond acceptors (Lipinski definition) is 10. The number of sulfonamides is 1. The summed E-state index contributed by atoms with van der Waals surface area (Å²) >= 11 is 0. The van der Waals surface area contributed by atoms with Crippen molar-refractivity contribution in [3.05, 3.63) is 65.9 Å². The van der Waals surface area contributed by atoms with Crippen molar-refractivity contribution in [2.24, 2.45) is 4.99 Å². The molecule has 0 spiro atoms. The molecule has 1 aromatic heterocycles. The number of alkyl carbamates (subject to hydrolysis) is 2. The van der Waals surface area contributed by atoms with Crippen LogP contribution in [0.2, 0.25) is 0 Å². The lowest BCUT2D eigenvalue weighted by Gasteiger charge is -2.23. The molecular formula is C38H50F3N7O9S. The highest BCUT2D eigenvalue weighted by Crippen LogP contribution is 2.33. The molecule has 1 atom stereocenters. The molecule has 4 amide bonds. The van der Waals surface area contributed by atoms with Crippen molar-refractivity contribution in [2.75, 3.05) is 6.54 Å². The number of aliphatic imine (C=N–C) groups is 1. The summed E-state index contributed by atoms with van der Waals surface area (Å²) in [5.41, 5.74) is -2.40. The van der Waals surface area contributed by atoms with Gasteiger partial charge in [0.05, 0.1) is 16.3 Å². The fourth-order valence-corrected chi connectivity index (χ4v) is 5.81. The Labute approximate surface area is 335 Å². The summed E-state index contributed by atoms with van der Waals surface area (Å²) < 4.78 is 86.5. The van der Waals surface area contributed by atoms with Crippen LogP contribution in [0.5, 0.6) is 0 Å². The summed E-state index contributed by atoms with van der Waals surface area (Å²) in [6.45, 7) is 16.2. The van der Waals surface area contributed by atoms with Crippen molar-refractivity contribution in [1.29, 1.82) is 0 Å². The maximum Gasteiger partial charge on any atom is 0.437 e. The lowest BCUT2D eigenvalue weighted by molar-refractivity contribution is -0.141. The topological polar surface area (TPSA) is 208 Å². The van der Waals surface area contributed by atoms with E-state index in [9.17, 15) is 40.8 Å². The predicted octanol–water partition coefficient (Wildman–Crippen LogP) is 6.75. The predicted molar refractivity (Wildman–Crippen MR) is 208 cm³/mol. The number of carbonyl (C=O) groups is 4. The van der Waals surface area contributed by atoms with Gasteiger partial charge in [-0.15, -0.1) is 4.99 Å². The van der Waals surface area contributed by atoms with Crippen molar-refractivity contribution in [3.8, 4) is 16.9 Å². The van der Waals surface area contributed by atoms with Gasteiger partial charge < -0.3 is 24.8 Å². The number of alkyl halides is 3. The lowest BCUT2D eigenvalue weighted by Crippen LogP contribution is -2.50. The van der Waals surface area contributed by atoms with Crippen molar-refractivity contribution in [3.63, 3.8) is 0 Å². The Hall–Kier alpha value is -5.66. The summed E-state index contributed by atoms with van der Waals surface area (Å²) in [5, 5.41) is 11.1. The third kappa shape index (κ3) is 15.4. The van der Waals surface area contributed by atoms with Gasteiger partial charge in [-0.25, -0.2) is 32.2 Å². The minimum Gasteiger partial charge on any atom is -0.444 e. The highest BCUT2D eigenvalue weighted by Gasteiger charge is 2.35. The average molecular weight is 838 g/mol. The minimum absolute atomic E-state index is 0.0269. The van der Waals surface area contributed by atoms with E-state index in [1.807, 2.05) is 11.6 Å². The van der Waals surface area contributed by atoms with Gasteiger partial charge in [-0.05, 0) is 112 Å². The maximum absolute atomic E-state index is 13.7. The second kappa shape index (κ2) is 18.3. The van der Waals surface area contributed by atoms with Crippen molar-refractivity contribution in [2.45, 2.75) is 116 Å². The molecule has 318 valence electrons. The van der Waals surface area contributed by atoms with E-state index in [1.165, 1.54) is 12.1 Å².